The van der Waals surface area contributed by atoms with Crippen molar-refractivity contribution in [1.29, 1.82) is 0 Å². The van der Waals surface area contributed by atoms with E-state index in [0.29, 0.717) is 6.17 Å². The summed E-state index contributed by atoms with van der Waals surface area (Å²) in [6, 6.07) is 17.5. The molecule has 0 saturated carbocycles. The summed E-state index contributed by atoms with van der Waals surface area (Å²) in [4.78, 5) is 0. The van der Waals surface area contributed by atoms with Crippen molar-refractivity contribution < 1.29 is 10.1 Å². The first kappa shape index (κ1) is 16.1. The Labute approximate surface area is 137 Å². The standard InChI is InChI=1S/C19H23N2O2/c1-18(2)19(3,4)21(23)17(20(18)22)16-13-9-8-12-15(16)14-10-6-5-7-11-14/h5-13,20-21H,1-4H3. The Kier molecular flexibility index (Phi) is 3.81. The summed E-state index contributed by atoms with van der Waals surface area (Å²) in [5.74, 6) is 0. The van der Waals surface area contributed by atoms with E-state index >= 15 is 0 Å². The summed E-state index contributed by atoms with van der Waals surface area (Å²) in [6.07, 6.45) is 0.347. The van der Waals surface area contributed by atoms with Crippen molar-refractivity contribution in [3.63, 3.8) is 0 Å². The summed E-state index contributed by atoms with van der Waals surface area (Å²) in [5, 5.41) is 25.8. The molecule has 0 aromatic heterocycles. The van der Waals surface area contributed by atoms with Crippen LogP contribution in [0.5, 0.6) is 0 Å². The van der Waals surface area contributed by atoms with Gasteiger partial charge in [-0.1, -0.05) is 48.5 Å². The zero-order valence-corrected chi connectivity index (χ0v) is 14.0. The van der Waals surface area contributed by atoms with Crippen molar-refractivity contribution in [2.24, 2.45) is 0 Å². The molecule has 4 nitrogen and oxygen atoms in total. The quantitative estimate of drug-likeness (QED) is 0.827. The lowest BCUT2D eigenvalue weighted by Gasteiger charge is -2.36. The smallest absolute Gasteiger partial charge is 0.365 e. The number of rotatable bonds is 2. The number of hydrogen-bond acceptors (Lipinski definition) is 2. The largest absolute Gasteiger partial charge is 0.629 e. The Bertz CT molecular complexity index is 678. The molecule has 0 spiro atoms. The SMILES string of the molecule is CC1(C)[NH+]([O-])[C](c2ccccc2-c2ccccc2)[NH+]([O-])C1(C)C. The first-order valence-corrected chi connectivity index (χ1v) is 7.90. The van der Waals surface area contributed by atoms with Crippen LogP contribution in [0.25, 0.3) is 11.1 Å². The number of quaternary nitrogens is 2. The molecule has 2 unspecified atom stereocenters. The van der Waals surface area contributed by atoms with Crippen molar-refractivity contribution in [3.05, 3.63) is 76.7 Å². The molecular formula is C19H23N2O2. The maximum absolute atomic E-state index is 13.0. The Morgan fingerprint density at radius 1 is 0.652 bits per heavy atom. The Morgan fingerprint density at radius 3 is 1.61 bits per heavy atom. The summed E-state index contributed by atoms with van der Waals surface area (Å²) < 4.78 is 0. The van der Waals surface area contributed by atoms with Crippen molar-refractivity contribution >= 4 is 0 Å². The van der Waals surface area contributed by atoms with Gasteiger partial charge in [-0.15, -0.1) is 0 Å². The lowest BCUT2D eigenvalue weighted by molar-refractivity contribution is -0.974. The molecule has 2 atom stereocenters. The molecule has 4 heteroatoms. The molecule has 3 rings (SSSR count). The van der Waals surface area contributed by atoms with Gasteiger partial charge >= 0.3 is 6.17 Å². The lowest BCUT2D eigenvalue weighted by atomic mass is 9.84. The normalized spacial score (nSPS) is 26.3. The van der Waals surface area contributed by atoms with E-state index in [1.807, 2.05) is 82.3 Å². The number of benzene rings is 2. The Morgan fingerprint density at radius 2 is 1.09 bits per heavy atom. The molecule has 23 heavy (non-hydrogen) atoms. The van der Waals surface area contributed by atoms with E-state index in [4.69, 9.17) is 0 Å². The van der Waals surface area contributed by atoms with Crippen LogP contribution in [-0.2, 0) is 0 Å². The molecule has 1 aliphatic heterocycles. The third kappa shape index (κ3) is 2.30. The molecule has 2 aromatic rings. The molecular weight excluding hydrogens is 288 g/mol. The zero-order chi connectivity index (χ0) is 16.8. The highest BCUT2D eigenvalue weighted by atomic mass is 16.6. The summed E-state index contributed by atoms with van der Waals surface area (Å²) in [5.41, 5.74) is 1.30. The van der Waals surface area contributed by atoms with E-state index in [-0.39, 0.29) is 10.1 Å². The van der Waals surface area contributed by atoms with Gasteiger partial charge in [0.25, 0.3) is 0 Å². The molecule has 1 heterocycles. The molecule has 0 bridgehead atoms. The Balaban J connectivity index is 2.14. The van der Waals surface area contributed by atoms with Gasteiger partial charge in [0.05, 0.1) is 5.56 Å². The zero-order valence-electron chi connectivity index (χ0n) is 14.0. The molecule has 0 amide bonds. The molecule has 1 radical (unpaired) electrons. The van der Waals surface area contributed by atoms with Gasteiger partial charge in [-0.05, 0) is 44.9 Å². The van der Waals surface area contributed by atoms with Crippen LogP contribution in [0.1, 0.15) is 33.3 Å². The van der Waals surface area contributed by atoms with E-state index in [2.05, 4.69) is 0 Å². The fraction of sp³-hybridized carbons (Fsp3) is 0.316. The van der Waals surface area contributed by atoms with Crippen LogP contribution in [-0.4, -0.2) is 11.1 Å². The monoisotopic (exact) mass is 311 g/mol. The van der Waals surface area contributed by atoms with Gasteiger partial charge in [0.15, 0.2) is 11.1 Å². The van der Waals surface area contributed by atoms with Crippen molar-refractivity contribution in [2.45, 2.75) is 38.8 Å². The topological polar surface area (TPSA) is 55.0 Å². The van der Waals surface area contributed by atoms with Crippen LogP contribution in [0.4, 0.5) is 0 Å². The molecule has 121 valence electrons. The summed E-state index contributed by atoms with van der Waals surface area (Å²) >= 11 is 0. The lowest BCUT2D eigenvalue weighted by Crippen LogP contribution is -3.22. The first-order chi connectivity index (χ1) is 10.8. The third-order valence-electron chi connectivity index (χ3n) is 5.43. The van der Waals surface area contributed by atoms with Gasteiger partial charge in [0.1, 0.15) is 0 Å². The first-order valence-electron chi connectivity index (χ1n) is 7.90. The van der Waals surface area contributed by atoms with Crippen molar-refractivity contribution in [1.82, 2.24) is 0 Å². The highest BCUT2D eigenvalue weighted by molar-refractivity contribution is 5.69. The van der Waals surface area contributed by atoms with Crippen LogP contribution >= 0.6 is 0 Å². The predicted molar refractivity (Wildman–Crippen MR) is 91.0 cm³/mol. The molecule has 1 fully saturated rings. The van der Waals surface area contributed by atoms with Crippen LogP contribution < -0.4 is 10.1 Å². The van der Waals surface area contributed by atoms with E-state index in [1.165, 1.54) is 0 Å². The molecule has 0 aliphatic carbocycles. The maximum atomic E-state index is 13.0. The minimum Gasteiger partial charge on any atom is -0.629 e. The predicted octanol–water partition coefficient (Wildman–Crippen LogP) is 1.53. The maximum Gasteiger partial charge on any atom is 0.365 e. The van der Waals surface area contributed by atoms with Crippen LogP contribution in [0.2, 0.25) is 0 Å². The van der Waals surface area contributed by atoms with E-state index < -0.39 is 11.1 Å². The van der Waals surface area contributed by atoms with E-state index in [9.17, 15) is 10.4 Å². The van der Waals surface area contributed by atoms with Gasteiger partial charge < -0.3 is 10.4 Å². The van der Waals surface area contributed by atoms with Crippen LogP contribution in [0.3, 0.4) is 0 Å². The van der Waals surface area contributed by atoms with Crippen molar-refractivity contribution in [2.75, 3.05) is 0 Å². The number of hydroxylamine groups is 4. The fourth-order valence-electron chi connectivity index (χ4n) is 3.11. The van der Waals surface area contributed by atoms with Crippen LogP contribution in [0, 0.1) is 16.6 Å². The second kappa shape index (κ2) is 5.42. The van der Waals surface area contributed by atoms with Crippen molar-refractivity contribution in [3.8, 4) is 11.1 Å². The van der Waals surface area contributed by atoms with Gasteiger partial charge in [0, 0.05) is 0 Å². The summed E-state index contributed by atoms with van der Waals surface area (Å²) in [7, 11) is 0. The highest BCUT2D eigenvalue weighted by Gasteiger charge is 2.62. The molecule has 1 aliphatic rings. The second-order valence-electron chi connectivity index (χ2n) is 7.19. The highest BCUT2D eigenvalue weighted by Crippen LogP contribution is 2.29. The second-order valence-corrected chi connectivity index (χ2v) is 7.19. The van der Waals surface area contributed by atoms with E-state index in [0.717, 1.165) is 16.7 Å². The van der Waals surface area contributed by atoms with Gasteiger partial charge in [-0.3, -0.25) is 10.1 Å². The minimum atomic E-state index is -0.691. The minimum absolute atomic E-state index is 0.0594. The van der Waals surface area contributed by atoms with Gasteiger partial charge in [0.2, 0.25) is 0 Å². The molecule has 2 aromatic carbocycles. The van der Waals surface area contributed by atoms with Gasteiger partial charge in [-0.2, -0.15) is 0 Å². The fourth-order valence-corrected chi connectivity index (χ4v) is 3.11. The Hall–Kier alpha value is -1.72. The number of hydrogen-bond donors (Lipinski definition) is 2. The number of nitrogens with one attached hydrogen (secondary N) is 2. The van der Waals surface area contributed by atoms with Gasteiger partial charge in [-0.25, -0.2) is 0 Å². The molecule has 2 N–H and O–H groups in total. The average Bonchev–Trinajstić information content (AvgIpc) is 2.66. The van der Waals surface area contributed by atoms with E-state index in [1.54, 1.807) is 0 Å². The average molecular weight is 311 g/mol. The van der Waals surface area contributed by atoms with Crippen LogP contribution in [0.15, 0.2) is 54.6 Å². The third-order valence-corrected chi connectivity index (χ3v) is 5.43. The summed E-state index contributed by atoms with van der Waals surface area (Å²) in [6.45, 7) is 7.47. The molecule has 1 saturated heterocycles.